The van der Waals surface area contributed by atoms with E-state index in [0.717, 1.165) is 23.0 Å². The highest BCUT2D eigenvalue weighted by atomic mass is 19.2. The zero-order valence-corrected chi connectivity index (χ0v) is 11.2. The number of hydrogen-bond donors (Lipinski definition) is 1. The Labute approximate surface area is 111 Å². The zero-order chi connectivity index (χ0) is 14.2. The van der Waals surface area contributed by atoms with E-state index in [1.54, 1.807) is 10.7 Å². The third-order valence-corrected chi connectivity index (χ3v) is 3.41. The van der Waals surface area contributed by atoms with E-state index in [-0.39, 0.29) is 12.0 Å². The molecule has 5 heteroatoms. The van der Waals surface area contributed by atoms with E-state index in [1.165, 1.54) is 6.07 Å². The molecule has 19 heavy (non-hydrogen) atoms. The maximum Gasteiger partial charge on any atom is 0.162 e. The van der Waals surface area contributed by atoms with Crippen molar-refractivity contribution in [1.29, 1.82) is 0 Å². The van der Waals surface area contributed by atoms with Crippen LogP contribution in [-0.4, -0.2) is 9.78 Å². The van der Waals surface area contributed by atoms with Gasteiger partial charge in [0, 0.05) is 24.3 Å². The Bertz CT molecular complexity index is 605. The first-order valence-corrected chi connectivity index (χ1v) is 6.10. The van der Waals surface area contributed by atoms with Crippen molar-refractivity contribution in [3.63, 3.8) is 0 Å². The van der Waals surface area contributed by atoms with E-state index in [2.05, 4.69) is 5.10 Å². The predicted molar refractivity (Wildman–Crippen MR) is 69.7 cm³/mol. The summed E-state index contributed by atoms with van der Waals surface area (Å²) in [6.07, 6.45) is 0.247. The molecule has 0 aliphatic heterocycles. The SMILES string of the molecule is Cc1nn(C)c(C)c1C(N)Cc1cccc(F)c1F. The van der Waals surface area contributed by atoms with Crippen molar-refractivity contribution in [3.8, 4) is 0 Å². The summed E-state index contributed by atoms with van der Waals surface area (Å²) in [6, 6.07) is 3.75. The summed E-state index contributed by atoms with van der Waals surface area (Å²) in [6.45, 7) is 3.78. The molecule has 102 valence electrons. The van der Waals surface area contributed by atoms with Crippen LogP contribution in [0.5, 0.6) is 0 Å². The van der Waals surface area contributed by atoms with Crippen LogP contribution in [0, 0.1) is 25.5 Å². The zero-order valence-electron chi connectivity index (χ0n) is 11.2. The van der Waals surface area contributed by atoms with Crippen LogP contribution in [0.25, 0.3) is 0 Å². The van der Waals surface area contributed by atoms with Crippen LogP contribution < -0.4 is 5.73 Å². The van der Waals surface area contributed by atoms with Gasteiger partial charge in [-0.1, -0.05) is 12.1 Å². The van der Waals surface area contributed by atoms with Crippen molar-refractivity contribution in [1.82, 2.24) is 9.78 Å². The Balaban J connectivity index is 2.31. The van der Waals surface area contributed by atoms with Crippen LogP contribution in [-0.2, 0) is 13.5 Å². The minimum Gasteiger partial charge on any atom is -0.324 e. The van der Waals surface area contributed by atoms with Gasteiger partial charge in [-0.3, -0.25) is 4.68 Å². The average Bonchev–Trinajstić information content (AvgIpc) is 2.59. The predicted octanol–water partition coefficient (Wildman–Crippen LogP) is 2.56. The number of nitrogens with zero attached hydrogens (tertiary/aromatic N) is 2. The van der Waals surface area contributed by atoms with Gasteiger partial charge in [0.1, 0.15) is 0 Å². The average molecular weight is 265 g/mol. The molecule has 0 saturated heterocycles. The molecule has 1 atom stereocenters. The first-order valence-electron chi connectivity index (χ1n) is 6.10. The highest BCUT2D eigenvalue weighted by Gasteiger charge is 2.19. The second-order valence-electron chi connectivity index (χ2n) is 4.73. The summed E-state index contributed by atoms with van der Waals surface area (Å²) in [5.74, 6) is -1.67. The van der Waals surface area contributed by atoms with Crippen LogP contribution in [0.4, 0.5) is 8.78 Å². The number of nitrogens with two attached hydrogens (primary N) is 1. The van der Waals surface area contributed by atoms with Gasteiger partial charge in [-0.25, -0.2) is 8.78 Å². The Hall–Kier alpha value is -1.75. The Morgan fingerprint density at radius 1 is 1.32 bits per heavy atom. The molecule has 0 saturated carbocycles. The van der Waals surface area contributed by atoms with Gasteiger partial charge in [0.05, 0.1) is 5.69 Å². The third-order valence-electron chi connectivity index (χ3n) is 3.41. The van der Waals surface area contributed by atoms with Gasteiger partial charge < -0.3 is 5.73 Å². The molecule has 1 unspecified atom stereocenters. The molecule has 0 spiro atoms. The summed E-state index contributed by atoms with van der Waals surface area (Å²) in [4.78, 5) is 0. The largest absolute Gasteiger partial charge is 0.324 e. The lowest BCUT2D eigenvalue weighted by Crippen LogP contribution is -2.16. The summed E-state index contributed by atoms with van der Waals surface area (Å²) in [7, 11) is 1.83. The van der Waals surface area contributed by atoms with Crippen LogP contribution >= 0.6 is 0 Å². The molecule has 1 aromatic heterocycles. The summed E-state index contributed by atoms with van der Waals surface area (Å²) < 4.78 is 28.5. The minimum atomic E-state index is -0.843. The molecule has 2 aromatic rings. The van der Waals surface area contributed by atoms with Gasteiger partial charge in [-0.15, -0.1) is 0 Å². The molecule has 3 nitrogen and oxygen atoms in total. The van der Waals surface area contributed by atoms with Gasteiger partial charge in [-0.2, -0.15) is 5.10 Å². The molecule has 0 fully saturated rings. The van der Waals surface area contributed by atoms with E-state index >= 15 is 0 Å². The molecule has 0 radical (unpaired) electrons. The van der Waals surface area contributed by atoms with Crippen molar-refractivity contribution in [3.05, 3.63) is 52.3 Å². The lowest BCUT2D eigenvalue weighted by molar-refractivity contribution is 0.494. The smallest absolute Gasteiger partial charge is 0.162 e. The highest BCUT2D eigenvalue weighted by molar-refractivity contribution is 5.30. The van der Waals surface area contributed by atoms with Gasteiger partial charge in [0.25, 0.3) is 0 Å². The van der Waals surface area contributed by atoms with Gasteiger partial charge in [0.2, 0.25) is 0 Å². The number of halogens is 2. The second kappa shape index (κ2) is 5.09. The van der Waals surface area contributed by atoms with E-state index in [9.17, 15) is 8.78 Å². The summed E-state index contributed by atoms with van der Waals surface area (Å²) in [5, 5.41) is 4.28. The van der Waals surface area contributed by atoms with Crippen LogP contribution in [0.3, 0.4) is 0 Å². The van der Waals surface area contributed by atoms with Gasteiger partial charge in [-0.05, 0) is 31.9 Å². The van der Waals surface area contributed by atoms with Crippen molar-refractivity contribution in [2.75, 3.05) is 0 Å². The van der Waals surface area contributed by atoms with Crippen molar-refractivity contribution in [2.24, 2.45) is 12.8 Å². The Morgan fingerprint density at radius 3 is 2.58 bits per heavy atom. The number of hydrogen-bond acceptors (Lipinski definition) is 2. The number of aromatic nitrogens is 2. The monoisotopic (exact) mass is 265 g/mol. The quantitative estimate of drug-likeness (QED) is 0.927. The van der Waals surface area contributed by atoms with Crippen LogP contribution in [0.1, 0.15) is 28.6 Å². The van der Waals surface area contributed by atoms with E-state index in [1.807, 2.05) is 20.9 Å². The highest BCUT2D eigenvalue weighted by Crippen LogP contribution is 2.24. The normalized spacial score (nSPS) is 12.7. The second-order valence-corrected chi connectivity index (χ2v) is 4.73. The lowest BCUT2D eigenvalue weighted by Gasteiger charge is -2.13. The molecular weight excluding hydrogens is 248 g/mol. The fourth-order valence-corrected chi connectivity index (χ4v) is 2.37. The fourth-order valence-electron chi connectivity index (χ4n) is 2.37. The molecule has 2 N–H and O–H groups in total. The molecule has 0 aliphatic carbocycles. The van der Waals surface area contributed by atoms with Crippen molar-refractivity contribution < 1.29 is 8.78 Å². The molecule has 1 aromatic carbocycles. The van der Waals surface area contributed by atoms with E-state index in [0.29, 0.717) is 0 Å². The molecule has 0 amide bonds. The van der Waals surface area contributed by atoms with Crippen LogP contribution in [0.15, 0.2) is 18.2 Å². The maximum absolute atomic E-state index is 13.6. The standard InChI is InChI=1S/C14H17F2N3/c1-8-13(9(2)19(3)18-8)12(17)7-10-5-4-6-11(15)14(10)16/h4-6,12H,7,17H2,1-3H3. The summed E-state index contributed by atoms with van der Waals surface area (Å²) in [5.41, 5.74) is 9.07. The van der Waals surface area contributed by atoms with Crippen molar-refractivity contribution >= 4 is 0 Å². The number of rotatable bonds is 3. The maximum atomic E-state index is 13.6. The summed E-state index contributed by atoms with van der Waals surface area (Å²) >= 11 is 0. The first-order chi connectivity index (χ1) is 8.91. The van der Waals surface area contributed by atoms with Crippen molar-refractivity contribution in [2.45, 2.75) is 26.3 Å². The van der Waals surface area contributed by atoms with Crippen LogP contribution in [0.2, 0.25) is 0 Å². The minimum absolute atomic E-state index is 0.247. The number of aryl methyl sites for hydroxylation is 2. The molecule has 2 rings (SSSR count). The van der Waals surface area contributed by atoms with Gasteiger partial charge in [0.15, 0.2) is 11.6 Å². The molecule has 0 bridgehead atoms. The molecular formula is C14H17F2N3. The lowest BCUT2D eigenvalue weighted by atomic mass is 9.98. The fraction of sp³-hybridized carbons (Fsp3) is 0.357. The van der Waals surface area contributed by atoms with E-state index < -0.39 is 17.7 Å². The van der Waals surface area contributed by atoms with Gasteiger partial charge >= 0.3 is 0 Å². The molecule has 0 aliphatic rings. The molecule has 1 heterocycles. The van der Waals surface area contributed by atoms with E-state index in [4.69, 9.17) is 5.73 Å². The Kier molecular flexibility index (Phi) is 3.66. The first kappa shape index (κ1) is 13.7. The number of benzene rings is 1. The third kappa shape index (κ3) is 2.51. The topological polar surface area (TPSA) is 43.8 Å². The Morgan fingerprint density at radius 2 is 2.00 bits per heavy atom.